The van der Waals surface area contributed by atoms with E-state index >= 15 is 0 Å². The predicted octanol–water partition coefficient (Wildman–Crippen LogP) is 5.28. The molecule has 0 aliphatic rings. The molecule has 25 heavy (non-hydrogen) atoms. The summed E-state index contributed by atoms with van der Waals surface area (Å²) in [6.45, 7) is 2.80. The molecule has 142 valence electrons. The molecule has 0 radical (unpaired) electrons. The summed E-state index contributed by atoms with van der Waals surface area (Å²) >= 11 is 0. The number of unbranched alkanes of at least 4 members (excludes halogenated alkanes) is 9. The van der Waals surface area contributed by atoms with Crippen molar-refractivity contribution < 1.29 is 9.53 Å². The van der Waals surface area contributed by atoms with Crippen molar-refractivity contribution in [3.05, 3.63) is 35.9 Å². The first kappa shape index (κ1) is 21.7. The van der Waals surface area contributed by atoms with Gasteiger partial charge in [-0.1, -0.05) is 95.0 Å². The number of hydrogen-bond donors (Lipinski definition) is 1. The SMILES string of the molecule is CCCCCCCCCCCCOC(=O)C(Cc1ccccc1)NC. The first-order chi connectivity index (χ1) is 12.3. The van der Waals surface area contributed by atoms with E-state index < -0.39 is 0 Å². The first-order valence-corrected chi connectivity index (χ1v) is 10.2. The Morgan fingerprint density at radius 2 is 1.48 bits per heavy atom. The minimum Gasteiger partial charge on any atom is -0.465 e. The molecule has 0 bridgehead atoms. The van der Waals surface area contributed by atoms with Crippen molar-refractivity contribution in [3.8, 4) is 0 Å². The average molecular weight is 348 g/mol. The minimum atomic E-state index is -0.259. The van der Waals surface area contributed by atoms with E-state index in [-0.39, 0.29) is 12.0 Å². The standard InChI is InChI=1S/C22H37NO2/c1-3-4-5-6-7-8-9-10-11-15-18-25-22(24)21(23-2)19-20-16-13-12-14-17-20/h12-14,16-17,21,23H,3-11,15,18-19H2,1-2H3. The summed E-state index contributed by atoms with van der Waals surface area (Å²) in [5.41, 5.74) is 1.15. The summed E-state index contributed by atoms with van der Waals surface area (Å²) in [7, 11) is 1.81. The molecule has 1 atom stereocenters. The highest BCUT2D eigenvalue weighted by Crippen LogP contribution is 2.11. The Balaban J connectivity index is 2.02. The van der Waals surface area contributed by atoms with Gasteiger partial charge in [0.25, 0.3) is 0 Å². The Morgan fingerprint density at radius 1 is 0.920 bits per heavy atom. The topological polar surface area (TPSA) is 38.3 Å². The molecule has 0 heterocycles. The number of benzene rings is 1. The van der Waals surface area contributed by atoms with Crippen molar-refractivity contribution in [3.63, 3.8) is 0 Å². The molecular weight excluding hydrogens is 310 g/mol. The molecule has 1 rings (SSSR count). The Hall–Kier alpha value is -1.35. The molecule has 3 heteroatoms. The Bertz CT molecular complexity index is 433. The summed E-state index contributed by atoms with van der Waals surface area (Å²) in [5, 5.41) is 3.07. The minimum absolute atomic E-state index is 0.137. The highest BCUT2D eigenvalue weighted by molar-refractivity contribution is 5.76. The zero-order valence-electron chi connectivity index (χ0n) is 16.3. The van der Waals surface area contributed by atoms with Gasteiger partial charge in [0, 0.05) is 0 Å². The molecule has 0 fully saturated rings. The maximum absolute atomic E-state index is 12.2. The lowest BCUT2D eigenvalue weighted by molar-refractivity contribution is -0.146. The smallest absolute Gasteiger partial charge is 0.323 e. The summed E-state index contributed by atoms with van der Waals surface area (Å²) in [4.78, 5) is 12.2. The van der Waals surface area contributed by atoms with E-state index in [9.17, 15) is 4.79 Å². The van der Waals surface area contributed by atoms with E-state index in [1.165, 1.54) is 51.4 Å². The average Bonchev–Trinajstić information content (AvgIpc) is 2.64. The Kier molecular flexibility index (Phi) is 13.0. The number of nitrogens with one attached hydrogen (secondary N) is 1. The number of likely N-dealkylation sites (N-methyl/N-ethyl adjacent to an activating group) is 1. The number of ether oxygens (including phenoxy) is 1. The third kappa shape index (κ3) is 11.0. The van der Waals surface area contributed by atoms with E-state index in [0.717, 1.165) is 18.4 Å². The molecule has 0 aromatic heterocycles. The van der Waals surface area contributed by atoms with Crippen molar-refractivity contribution in [1.82, 2.24) is 5.32 Å². The summed E-state index contributed by atoms with van der Waals surface area (Å²) in [6, 6.07) is 9.81. The number of carbonyl (C=O) groups is 1. The van der Waals surface area contributed by atoms with Crippen LogP contribution in [0.1, 0.15) is 76.7 Å². The van der Waals surface area contributed by atoms with E-state index in [1.54, 1.807) is 0 Å². The lowest BCUT2D eigenvalue weighted by Crippen LogP contribution is -2.37. The van der Waals surface area contributed by atoms with Crippen molar-refractivity contribution in [2.24, 2.45) is 0 Å². The van der Waals surface area contributed by atoms with Gasteiger partial charge in [-0.3, -0.25) is 4.79 Å². The molecule has 0 aliphatic heterocycles. The molecule has 1 aromatic carbocycles. The molecule has 1 N–H and O–H groups in total. The van der Waals surface area contributed by atoms with Crippen LogP contribution in [0.4, 0.5) is 0 Å². The molecule has 0 saturated heterocycles. The summed E-state index contributed by atoms with van der Waals surface area (Å²) in [6.07, 6.45) is 13.6. The van der Waals surface area contributed by atoms with Crippen LogP contribution in [0.2, 0.25) is 0 Å². The summed E-state index contributed by atoms with van der Waals surface area (Å²) < 4.78 is 5.44. The maximum Gasteiger partial charge on any atom is 0.323 e. The van der Waals surface area contributed by atoms with E-state index in [4.69, 9.17) is 4.74 Å². The lowest BCUT2D eigenvalue weighted by Gasteiger charge is -2.15. The van der Waals surface area contributed by atoms with Gasteiger partial charge in [-0.2, -0.15) is 0 Å². The van der Waals surface area contributed by atoms with Crippen molar-refractivity contribution in [1.29, 1.82) is 0 Å². The second kappa shape index (κ2) is 14.9. The first-order valence-electron chi connectivity index (χ1n) is 10.2. The van der Waals surface area contributed by atoms with Gasteiger partial charge in [0.05, 0.1) is 6.61 Å². The van der Waals surface area contributed by atoms with Gasteiger partial charge in [-0.25, -0.2) is 0 Å². The van der Waals surface area contributed by atoms with Crippen LogP contribution in [-0.2, 0) is 16.0 Å². The quantitative estimate of drug-likeness (QED) is 0.346. The molecule has 0 spiro atoms. The van der Waals surface area contributed by atoms with Crippen molar-refractivity contribution in [2.75, 3.05) is 13.7 Å². The van der Waals surface area contributed by atoms with E-state index in [2.05, 4.69) is 12.2 Å². The van der Waals surface area contributed by atoms with Crippen LogP contribution in [0.25, 0.3) is 0 Å². The number of rotatable bonds is 15. The van der Waals surface area contributed by atoms with Crippen LogP contribution < -0.4 is 5.32 Å². The third-order valence-electron chi connectivity index (χ3n) is 4.66. The van der Waals surface area contributed by atoms with Gasteiger partial charge >= 0.3 is 5.97 Å². The monoisotopic (exact) mass is 347 g/mol. The molecular formula is C22H37NO2. The van der Waals surface area contributed by atoms with E-state index in [1.807, 2.05) is 37.4 Å². The van der Waals surface area contributed by atoms with Gasteiger partial charge in [0.15, 0.2) is 0 Å². The van der Waals surface area contributed by atoms with Gasteiger partial charge in [-0.05, 0) is 25.5 Å². The highest BCUT2D eigenvalue weighted by atomic mass is 16.5. The molecule has 0 aliphatic carbocycles. The van der Waals surface area contributed by atoms with Crippen LogP contribution in [0, 0.1) is 0 Å². The highest BCUT2D eigenvalue weighted by Gasteiger charge is 2.18. The van der Waals surface area contributed by atoms with Crippen LogP contribution in [-0.4, -0.2) is 25.7 Å². The second-order valence-corrected chi connectivity index (χ2v) is 6.88. The Morgan fingerprint density at radius 3 is 2.04 bits per heavy atom. The molecule has 1 aromatic rings. The second-order valence-electron chi connectivity index (χ2n) is 6.88. The number of hydrogen-bond acceptors (Lipinski definition) is 3. The lowest BCUT2D eigenvalue weighted by atomic mass is 10.1. The molecule has 1 unspecified atom stereocenters. The van der Waals surface area contributed by atoms with Gasteiger partial charge in [-0.15, -0.1) is 0 Å². The maximum atomic E-state index is 12.2. The Labute approximate surface area is 154 Å². The number of esters is 1. The largest absolute Gasteiger partial charge is 0.465 e. The van der Waals surface area contributed by atoms with Gasteiger partial charge in [0.2, 0.25) is 0 Å². The van der Waals surface area contributed by atoms with Crippen LogP contribution in [0.3, 0.4) is 0 Å². The van der Waals surface area contributed by atoms with E-state index in [0.29, 0.717) is 13.0 Å². The summed E-state index contributed by atoms with van der Waals surface area (Å²) in [5.74, 6) is -0.137. The van der Waals surface area contributed by atoms with Crippen molar-refractivity contribution >= 4 is 5.97 Å². The normalized spacial score (nSPS) is 12.1. The van der Waals surface area contributed by atoms with Gasteiger partial charge < -0.3 is 10.1 Å². The van der Waals surface area contributed by atoms with Crippen molar-refractivity contribution in [2.45, 2.75) is 83.6 Å². The number of carbonyl (C=O) groups excluding carboxylic acids is 1. The molecule has 0 amide bonds. The third-order valence-corrected chi connectivity index (χ3v) is 4.66. The molecule has 3 nitrogen and oxygen atoms in total. The fraction of sp³-hybridized carbons (Fsp3) is 0.682. The van der Waals surface area contributed by atoms with Crippen LogP contribution in [0.5, 0.6) is 0 Å². The predicted molar refractivity (Wildman–Crippen MR) is 106 cm³/mol. The molecule has 0 saturated carbocycles. The van der Waals surface area contributed by atoms with Crippen LogP contribution in [0.15, 0.2) is 30.3 Å². The zero-order valence-corrected chi connectivity index (χ0v) is 16.3. The zero-order chi connectivity index (χ0) is 18.2. The fourth-order valence-electron chi connectivity index (χ4n) is 3.02. The fourth-order valence-corrected chi connectivity index (χ4v) is 3.02. The van der Waals surface area contributed by atoms with Crippen LogP contribution >= 0.6 is 0 Å². The van der Waals surface area contributed by atoms with Gasteiger partial charge in [0.1, 0.15) is 6.04 Å².